The Morgan fingerprint density at radius 2 is 2.20 bits per heavy atom. The molecule has 2 N–H and O–H groups in total. The smallest absolute Gasteiger partial charge is 0.255 e. The van der Waals surface area contributed by atoms with Crippen molar-refractivity contribution in [2.75, 3.05) is 6.26 Å². The number of nitrogens with zero attached hydrogens (tertiary/aromatic N) is 2. The third-order valence-electron chi connectivity index (χ3n) is 1.48. The van der Waals surface area contributed by atoms with E-state index >= 15 is 0 Å². The minimum atomic E-state index is 0.173. The lowest BCUT2D eigenvalue weighted by Gasteiger charge is -2.00. The lowest BCUT2D eigenvalue weighted by Crippen LogP contribution is -2.25. The molecule has 15 heavy (non-hydrogen) atoms. The summed E-state index contributed by atoms with van der Waals surface area (Å²) in [5.74, 6) is 0.173. The summed E-state index contributed by atoms with van der Waals surface area (Å²) in [5.41, 5.74) is 6.20. The van der Waals surface area contributed by atoms with Gasteiger partial charge in [0.25, 0.3) is 4.38 Å². The molecule has 0 aliphatic carbocycles. The second-order valence-electron chi connectivity index (χ2n) is 2.47. The van der Waals surface area contributed by atoms with Gasteiger partial charge in [-0.1, -0.05) is 16.9 Å². The monoisotopic (exact) mass is 243 g/mol. The van der Waals surface area contributed by atoms with Gasteiger partial charge >= 0.3 is 0 Å². The van der Waals surface area contributed by atoms with Crippen LogP contribution in [0, 0.1) is 5.21 Å². The van der Waals surface area contributed by atoms with Gasteiger partial charge in [0, 0.05) is 17.7 Å². The van der Waals surface area contributed by atoms with Crippen molar-refractivity contribution in [2.45, 2.75) is 0 Å². The molecule has 1 aromatic heterocycles. The maximum atomic E-state index is 10.7. The Labute approximate surface area is 96.5 Å². The van der Waals surface area contributed by atoms with Crippen LogP contribution in [0.1, 0.15) is 5.56 Å². The van der Waals surface area contributed by atoms with Crippen LogP contribution < -0.4 is 10.5 Å². The lowest BCUT2D eigenvalue weighted by atomic mass is 10.2. The molecule has 0 atom stereocenters. The van der Waals surface area contributed by atoms with E-state index in [1.165, 1.54) is 36.3 Å². The van der Waals surface area contributed by atoms with Crippen molar-refractivity contribution in [2.24, 2.45) is 10.9 Å². The zero-order valence-electron chi connectivity index (χ0n) is 7.91. The normalized spacial score (nSPS) is 11.1. The first-order valence-electron chi connectivity index (χ1n) is 3.91. The second-order valence-corrected chi connectivity index (χ2v) is 3.88. The van der Waals surface area contributed by atoms with Crippen LogP contribution in [0.4, 0.5) is 0 Å². The Hall–Kier alpha value is -1.34. The molecule has 0 fully saturated rings. The van der Waals surface area contributed by atoms with Gasteiger partial charge in [-0.05, 0) is 18.5 Å². The van der Waals surface area contributed by atoms with Gasteiger partial charge in [0.05, 0.1) is 0 Å². The summed E-state index contributed by atoms with van der Waals surface area (Å²) in [6.07, 6.45) is 4.42. The van der Waals surface area contributed by atoms with Gasteiger partial charge in [-0.2, -0.15) is 4.73 Å². The molecule has 0 aliphatic rings. The number of pyridine rings is 1. The summed E-state index contributed by atoms with van der Waals surface area (Å²) in [6.45, 7) is 0. The average Bonchev–Trinajstić information content (AvgIpc) is 2.26. The fourth-order valence-corrected chi connectivity index (χ4v) is 0.909. The van der Waals surface area contributed by atoms with Crippen LogP contribution in [0.15, 0.2) is 29.7 Å². The molecule has 0 amide bonds. The highest BCUT2D eigenvalue weighted by molar-refractivity contribution is 8.22. The molecule has 1 heterocycles. The highest BCUT2D eigenvalue weighted by atomic mass is 32.2. The quantitative estimate of drug-likeness (QED) is 0.206. The van der Waals surface area contributed by atoms with Gasteiger partial charge in [-0.25, -0.2) is 0 Å². The topological polar surface area (TPSA) is 74.5 Å². The van der Waals surface area contributed by atoms with Gasteiger partial charge in [-0.3, -0.25) is 0 Å². The van der Waals surface area contributed by atoms with Crippen LogP contribution in [0.2, 0.25) is 0 Å². The zero-order valence-corrected chi connectivity index (χ0v) is 9.55. The molecule has 0 spiro atoms. The number of thioether (sulfide) groups is 1. The molecule has 0 saturated carbocycles. The molecule has 1 rings (SSSR count). The predicted octanol–water partition coefficient (Wildman–Crippen LogP) is 0.605. The predicted molar refractivity (Wildman–Crippen MR) is 63.3 cm³/mol. The van der Waals surface area contributed by atoms with Crippen molar-refractivity contribution < 1.29 is 9.57 Å². The summed E-state index contributed by atoms with van der Waals surface area (Å²) in [5, 5.41) is 14.4. The number of nitrogens with two attached hydrogens (primary N) is 1. The number of oxime groups is 1. The van der Waals surface area contributed by atoms with Crippen LogP contribution in [0.5, 0.6) is 0 Å². The highest BCUT2D eigenvalue weighted by Gasteiger charge is 2.01. The molecule has 7 heteroatoms. The molecular formula is C8H9N3O2S2. The molecule has 80 valence electrons. The third-order valence-corrected chi connectivity index (χ3v) is 2.47. The standard InChI is InChI=1S/C8H9N3O2S2/c1-15-8(14)13-10-7(9)6-2-4-11(12)5-3-6/h2-5H,1H3,(H2,9,10). The summed E-state index contributed by atoms with van der Waals surface area (Å²) in [4.78, 5) is 4.81. The molecule has 0 saturated heterocycles. The number of rotatable bonds is 2. The Morgan fingerprint density at radius 3 is 2.73 bits per heavy atom. The van der Waals surface area contributed by atoms with Crippen LogP contribution in [0.3, 0.4) is 0 Å². The number of thiocarbonyl (C=S) groups is 1. The van der Waals surface area contributed by atoms with Crippen molar-refractivity contribution >= 4 is 34.2 Å². The van der Waals surface area contributed by atoms with Crippen molar-refractivity contribution in [3.8, 4) is 0 Å². The maximum absolute atomic E-state index is 10.7. The van der Waals surface area contributed by atoms with Crippen molar-refractivity contribution in [3.05, 3.63) is 35.3 Å². The first-order valence-corrected chi connectivity index (χ1v) is 5.54. The van der Waals surface area contributed by atoms with E-state index in [1.807, 2.05) is 0 Å². The van der Waals surface area contributed by atoms with Gasteiger partial charge in [0.2, 0.25) is 0 Å². The van der Waals surface area contributed by atoms with E-state index in [2.05, 4.69) is 5.16 Å². The number of amidine groups is 1. The molecular weight excluding hydrogens is 234 g/mol. The van der Waals surface area contributed by atoms with E-state index in [0.29, 0.717) is 10.3 Å². The summed E-state index contributed by atoms with van der Waals surface area (Å²) in [7, 11) is 0. The fraction of sp³-hybridized carbons (Fsp3) is 0.125. The van der Waals surface area contributed by atoms with E-state index in [0.717, 1.165) is 0 Å². The second kappa shape index (κ2) is 5.52. The van der Waals surface area contributed by atoms with E-state index in [-0.39, 0.29) is 10.2 Å². The summed E-state index contributed by atoms with van der Waals surface area (Å²) < 4.78 is 0.942. The number of hydrogen-bond acceptors (Lipinski definition) is 5. The van der Waals surface area contributed by atoms with Crippen LogP contribution in [0.25, 0.3) is 0 Å². The molecule has 0 aliphatic heterocycles. The maximum Gasteiger partial charge on any atom is 0.255 e. The van der Waals surface area contributed by atoms with Gasteiger partial charge in [0.1, 0.15) is 0 Å². The summed E-state index contributed by atoms with van der Waals surface area (Å²) >= 11 is 6.03. The third kappa shape index (κ3) is 3.72. The largest absolute Gasteiger partial charge is 0.619 e. The Balaban J connectivity index is 2.71. The van der Waals surface area contributed by atoms with Crippen molar-refractivity contribution in [1.82, 2.24) is 0 Å². The number of aromatic nitrogens is 1. The van der Waals surface area contributed by atoms with E-state index in [9.17, 15) is 5.21 Å². The minimum absolute atomic E-state index is 0.173. The molecule has 0 unspecified atom stereocenters. The van der Waals surface area contributed by atoms with E-state index < -0.39 is 0 Å². The van der Waals surface area contributed by atoms with Crippen LogP contribution in [-0.2, 0) is 4.84 Å². The lowest BCUT2D eigenvalue weighted by molar-refractivity contribution is -0.605. The molecule has 0 bridgehead atoms. The van der Waals surface area contributed by atoms with Crippen molar-refractivity contribution in [3.63, 3.8) is 0 Å². The van der Waals surface area contributed by atoms with Gasteiger partial charge in [-0.15, -0.1) is 0 Å². The van der Waals surface area contributed by atoms with Crippen LogP contribution >= 0.6 is 24.0 Å². The van der Waals surface area contributed by atoms with Gasteiger partial charge < -0.3 is 15.8 Å². The molecule has 1 aromatic rings. The van der Waals surface area contributed by atoms with E-state index in [1.54, 1.807) is 6.26 Å². The summed E-state index contributed by atoms with van der Waals surface area (Å²) in [6, 6.07) is 3.08. The molecule has 0 aromatic carbocycles. The molecule has 0 radical (unpaired) electrons. The average molecular weight is 243 g/mol. The first-order chi connectivity index (χ1) is 7.13. The SMILES string of the molecule is CSC(=S)O/N=C(\N)c1cc[n+]([O-])cc1. The Bertz CT molecular complexity index is 378. The van der Waals surface area contributed by atoms with Gasteiger partial charge in [0.15, 0.2) is 18.2 Å². The first kappa shape index (κ1) is 11.7. The fourth-order valence-electron chi connectivity index (χ4n) is 0.760. The van der Waals surface area contributed by atoms with Crippen molar-refractivity contribution in [1.29, 1.82) is 0 Å². The Morgan fingerprint density at radius 1 is 1.60 bits per heavy atom. The minimum Gasteiger partial charge on any atom is -0.619 e. The molecule has 5 nitrogen and oxygen atoms in total. The number of hydrogen-bond donors (Lipinski definition) is 1. The zero-order chi connectivity index (χ0) is 11.3. The highest BCUT2D eigenvalue weighted by Crippen LogP contribution is 2.01. The Kier molecular flexibility index (Phi) is 4.32. The van der Waals surface area contributed by atoms with Crippen LogP contribution in [-0.4, -0.2) is 16.5 Å². The van der Waals surface area contributed by atoms with E-state index in [4.69, 9.17) is 22.8 Å².